The second-order valence-electron chi connectivity index (χ2n) is 6.68. The first-order valence-corrected chi connectivity index (χ1v) is 10.2. The number of thioether (sulfide) groups is 1. The Balaban J connectivity index is 1.52. The van der Waals surface area contributed by atoms with Crippen LogP contribution in [0, 0.1) is 13.8 Å². The van der Waals surface area contributed by atoms with Gasteiger partial charge in [-0.15, -0.1) is 10.2 Å². The third-order valence-electron chi connectivity index (χ3n) is 4.59. The number of hydrogen-bond donors (Lipinski definition) is 2. The Hall–Kier alpha value is -3.00. The van der Waals surface area contributed by atoms with Gasteiger partial charge in [-0.25, -0.2) is 0 Å². The second kappa shape index (κ2) is 9.47. The predicted molar refractivity (Wildman–Crippen MR) is 117 cm³/mol. The van der Waals surface area contributed by atoms with Crippen LogP contribution in [0.2, 0.25) is 0 Å². The van der Waals surface area contributed by atoms with Crippen LogP contribution in [0.15, 0.2) is 47.6 Å². The third-order valence-corrected chi connectivity index (χ3v) is 5.61. The molecule has 3 rings (SSSR count). The van der Waals surface area contributed by atoms with Gasteiger partial charge in [0, 0.05) is 18.4 Å². The minimum atomic E-state index is -0.0702. The first-order chi connectivity index (χ1) is 14.0. The van der Waals surface area contributed by atoms with Crippen LogP contribution in [-0.2, 0) is 18.4 Å². The highest BCUT2D eigenvalue weighted by atomic mass is 32.2. The molecular weight excluding hydrogens is 386 g/mol. The van der Waals surface area contributed by atoms with Gasteiger partial charge in [-0.3, -0.25) is 4.79 Å². The van der Waals surface area contributed by atoms with E-state index in [4.69, 9.17) is 4.74 Å². The van der Waals surface area contributed by atoms with Gasteiger partial charge >= 0.3 is 0 Å². The summed E-state index contributed by atoms with van der Waals surface area (Å²) in [7, 11) is 3.54. The fourth-order valence-corrected chi connectivity index (χ4v) is 3.39. The number of rotatable bonds is 8. The van der Waals surface area contributed by atoms with Crippen LogP contribution in [0.3, 0.4) is 0 Å². The topological polar surface area (TPSA) is 81.1 Å². The molecule has 0 saturated heterocycles. The van der Waals surface area contributed by atoms with E-state index in [0.29, 0.717) is 11.7 Å². The Bertz CT molecular complexity index is 985. The van der Waals surface area contributed by atoms with E-state index in [-0.39, 0.29) is 11.7 Å². The van der Waals surface area contributed by atoms with Crippen molar-refractivity contribution in [1.29, 1.82) is 0 Å². The largest absolute Gasteiger partial charge is 0.497 e. The molecule has 0 aliphatic heterocycles. The monoisotopic (exact) mass is 411 g/mol. The number of carbonyl (C=O) groups excluding carboxylic acids is 1. The lowest BCUT2D eigenvalue weighted by atomic mass is 10.1. The van der Waals surface area contributed by atoms with Crippen molar-refractivity contribution >= 4 is 29.0 Å². The lowest BCUT2D eigenvalue weighted by Crippen LogP contribution is -2.14. The first-order valence-electron chi connectivity index (χ1n) is 9.22. The SMILES string of the molecule is COc1ccc(NCc2nnc(SCC(=O)Nc3ccc(C)c(C)c3)n2C)cc1. The molecule has 152 valence electrons. The highest BCUT2D eigenvalue weighted by Crippen LogP contribution is 2.19. The van der Waals surface area contributed by atoms with Crippen molar-refractivity contribution in [2.24, 2.45) is 7.05 Å². The van der Waals surface area contributed by atoms with E-state index < -0.39 is 0 Å². The number of amides is 1. The van der Waals surface area contributed by atoms with Crippen molar-refractivity contribution in [2.45, 2.75) is 25.5 Å². The zero-order valence-electron chi connectivity index (χ0n) is 17.0. The Morgan fingerprint density at radius 3 is 2.48 bits per heavy atom. The number of carbonyl (C=O) groups is 1. The van der Waals surface area contributed by atoms with Gasteiger partial charge in [-0.05, 0) is 61.4 Å². The van der Waals surface area contributed by atoms with Crippen LogP contribution >= 0.6 is 11.8 Å². The zero-order valence-corrected chi connectivity index (χ0v) is 17.8. The van der Waals surface area contributed by atoms with Crippen molar-refractivity contribution in [1.82, 2.24) is 14.8 Å². The third kappa shape index (κ3) is 5.51. The summed E-state index contributed by atoms with van der Waals surface area (Å²) in [5, 5.41) is 15.3. The number of hydrogen-bond acceptors (Lipinski definition) is 6. The highest BCUT2D eigenvalue weighted by molar-refractivity contribution is 7.99. The van der Waals surface area contributed by atoms with Crippen molar-refractivity contribution in [3.63, 3.8) is 0 Å². The molecule has 0 saturated carbocycles. The van der Waals surface area contributed by atoms with Crippen LogP contribution < -0.4 is 15.4 Å². The fraction of sp³-hybridized carbons (Fsp3) is 0.286. The molecule has 29 heavy (non-hydrogen) atoms. The molecule has 0 atom stereocenters. The van der Waals surface area contributed by atoms with E-state index >= 15 is 0 Å². The number of aryl methyl sites for hydroxylation is 2. The molecule has 1 heterocycles. The van der Waals surface area contributed by atoms with E-state index in [1.165, 1.54) is 17.3 Å². The first kappa shape index (κ1) is 20.7. The number of nitrogens with zero attached hydrogens (tertiary/aromatic N) is 3. The lowest BCUT2D eigenvalue weighted by molar-refractivity contribution is -0.113. The molecule has 0 fully saturated rings. The predicted octanol–water partition coefficient (Wildman–Crippen LogP) is 3.78. The zero-order chi connectivity index (χ0) is 20.8. The van der Waals surface area contributed by atoms with E-state index in [1.807, 2.05) is 67.9 Å². The van der Waals surface area contributed by atoms with Gasteiger partial charge in [0.2, 0.25) is 5.91 Å². The van der Waals surface area contributed by atoms with Crippen molar-refractivity contribution < 1.29 is 9.53 Å². The quantitative estimate of drug-likeness (QED) is 0.549. The lowest BCUT2D eigenvalue weighted by Gasteiger charge is -2.08. The molecule has 2 aromatic carbocycles. The molecule has 8 heteroatoms. The number of methoxy groups -OCH3 is 1. The molecule has 0 aliphatic carbocycles. The highest BCUT2D eigenvalue weighted by Gasteiger charge is 2.12. The number of anilines is 2. The average molecular weight is 412 g/mol. The van der Waals surface area contributed by atoms with Crippen LogP contribution in [0.5, 0.6) is 5.75 Å². The molecule has 0 unspecified atom stereocenters. The molecular formula is C21H25N5O2S. The van der Waals surface area contributed by atoms with E-state index in [1.54, 1.807) is 7.11 Å². The molecule has 7 nitrogen and oxygen atoms in total. The molecule has 1 amide bonds. The smallest absolute Gasteiger partial charge is 0.234 e. The summed E-state index contributed by atoms with van der Waals surface area (Å²) >= 11 is 1.36. The summed E-state index contributed by atoms with van der Waals surface area (Å²) in [5.41, 5.74) is 4.13. The maximum atomic E-state index is 12.3. The standard InChI is InChI=1S/C21H25N5O2S/c1-14-5-6-17(11-15(14)2)23-20(27)13-29-21-25-24-19(26(21)3)12-22-16-7-9-18(28-4)10-8-16/h5-11,22H,12-13H2,1-4H3,(H,23,27). The fourth-order valence-electron chi connectivity index (χ4n) is 2.66. The summed E-state index contributed by atoms with van der Waals surface area (Å²) in [6.45, 7) is 4.61. The van der Waals surface area contributed by atoms with E-state index in [2.05, 4.69) is 20.8 Å². The molecule has 0 aliphatic rings. The van der Waals surface area contributed by atoms with Crippen molar-refractivity contribution in [3.8, 4) is 5.75 Å². The van der Waals surface area contributed by atoms with Gasteiger partial charge in [0.25, 0.3) is 0 Å². The van der Waals surface area contributed by atoms with Crippen molar-refractivity contribution in [3.05, 3.63) is 59.4 Å². The van der Waals surface area contributed by atoms with Crippen LogP contribution in [0.4, 0.5) is 11.4 Å². The number of ether oxygens (including phenoxy) is 1. The Kier molecular flexibility index (Phi) is 6.77. The maximum Gasteiger partial charge on any atom is 0.234 e. The molecule has 0 radical (unpaired) electrons. The Labute approximate surface area is 174 Å². The summed E-state index contributed by atoms with van der Waals surface area (Å²) in [6, 6.07) is 13.6. The summed E-state index contributed by atoms with van der Waals surface area (Å²) < 4.78 is 7.05. The minimum Gasteiger partial charge on any atom is -0.497 e. The van der Waals surface area contributed by atoms with E-state index in [0.717, 1.165) is 28.5 Å². The van der Waals surface area contributed by atoms with Crippen LogP contribution in [-0.4, -0.2) is 33.5 Å². The minimum absolute atomic E-state index is 0.0702. The van der Waals surface area contributed by atoms with Crippen LogP contribution in [0.1, 0.15) is 17.0 Å². The van der Waals surface area contributed by atoms with Gasteiger partial charge in [-0.2, -0.15) is 0 Å². The maximum absolute atomic E-state index is 12.3. The van der Waals surface area contributed by atoms with E-state index in [9.17, 15) is 4.79 Å². The van der Waals surface area contributed by atoms with Crippen LogP contribution in [0.25, 0.3) is 0 Å². The van der Waals surface area contributed by atoms with Gasteiger partial charge in [0.05, 0.1) is 19.4 Å². The number of nitrogens with one attached hydrogen (secondary N) is 2. The number of aromatic nitrogens is 3. The normalized spacial score (nSPS) is 10.6. The average Bonchev–Trinajstić information content (AvgIpc) is 3.07. The molecule has 2 N–H and O–H groups in total. The van der Waals surface area contributed by atoms with Gasteiger partial charge < -0.3 is 19.9 Å². The summed E-state index contributed by atoms with van der Waals surface area (Å²) in [4.78, 5) is 12.3. The van der Waals surface area contributed by atoms with Gasteiger partial charge in [-0.1, -0.05) is 17.8 Å². The Morgan fingerprint density at radius 2 is 1.79 bits per heavy atom. The second-order valence-corrected chi connectivity index (χ2v) is 7.62. The van der Waals surface area contributed by atoms with Crippen molar-refractivity contribution in [2.75, 3.05) is 23.5 Å². The Morgan fingerprint density at radius 1 is 1.07 bits per heavy atom. The summed E-state index contributed by atoms with van der Waals surface area (Å²) in [6.07, 6.45) is 0. The molecule has 3 aromatic rings. The molecule has 0 bridgehead atoms. The summed E-state index contributed by atoms with van der Waals surface area (Å²) in [5.74, 6) is 1.80. The molecule has 0 spiro atoms. The molecule has 1 aromatic heterocycles. The number of benzene rings is 2. The van der Waals surface area contributed by atoms with Gasteiger partial charge in [0.15, 0.2) is 11.0 Å². The van der Waals surface area contributed by atoms with Gasteiger partial charge in [0.1, 0.15) is 5.75 Å².